The topological polar surface area (TPSA) is 60.9 Å². The Morgan fingerprint density at radius 1 is 1.17 bits per heavy atom. The largest absolute Gasteiger partial charge is 0.368 e. The van der Waals surface area contributed by atoms with Gasteiger partial charge in [0.1, 0.15) is 5.82 Å². The Labute approximate surface area is 149 Å². The number of H-pyrrole nitrogens is 1. The fraction of sp³-hybridized carbons (Fsp3) is 0.353. The monoisotopic (exact) mass is 386 g/mol. The van der Waals surface area contributed by atoms with Gasteiger partial charge in [-0.1, -0.05) is 12.1 Å². The number of anilines is 1. The molecule has 4 rings (SSSR count). The normalized spacial score (nSPS) is 16.0. The van der Waals surface area contributed by atoms with Crippen molar-refractivity contribution < 1.29 is 0 Å². The van der Waals surface area contributed by atoms with Gasteiger partial charge in [-0.25, -0.2) is 4.98 Å². The van der Waals surface area contributed by atoms with Gasteiger partial charge in [0.2, 0.25) is 0 Å². The van der Waals surface area contributed by atoms with Gasteiger partial charge in [0, 0.05) is 47.9 Å². The number of hydrogen-bond donors (Lipinski definition) is 1. The zero-order valence-corrected chi connectivity index (χ0v) is 15.1. The molecule has 0 bridgehead atoms. The number of benzene rings is 1. The third-order valence-corrected chi connectivity index (χ3v) is 5.06. The van der Waals surface area contributed by atoms with E-state index in [0.717, 1.165) is 54.4 Å². The van der Waals surface area contributed by atoms with E-state index >= 15 is 0 Å². The molecule has 124 valence electrons. The number of pyridine rings is 1. The highest BCUT2D eigenvalue weighted by molar-refractivity contribution is 9.10. The molecule has 0 unspecified atom stereocenters. The van der Waals surface area contributed by atoms with Crippen molar-refractivity contribution in [3.05, 3.63) is 46.6 Å². The first-order chi connectivity index (χ1) is 11.7. The number of halogens is 1. The minimum atomic E-state index is 0.806. The van der Waals surface area contributed by atoms with Gasteiger partial charge in [0.25, 0.3) is 0 Å². The van der Waals surface area contributed by atoms with Gasteiger partial charge in [0.15, 0.2) is 5.82 Å². The molecule has 1 aliphatic heterocycles. The number of nitrogens with zero attached hydrogens (tertiary/aromatic N) is 5. The van der Waals surface area contributed by atoms with Crippen LogP contribution in [0.1, 0.15) is 11.6 Å². The van der Waals surface area contributed by atoms with Crippen molar-refractivity contribution >= 4 is 32.5 Å². The van der Waals surface area contributed by atoms with Crippen LogP contribution in [-0.2, 0) is 6.54 Å². The number of aromatic amines is 1. The number of para-hydroxylation sites is 1. The lowest BCUT2D eigenvalue weighted by Gasteiger charge is -2.36. The van der Waals surface area contributed by atoms with E-state index in [9.17, 15) is 0 Å². The number of aromatic nitrogens is 4. The molecule has 6 nitrogen and oxygen atoms in total. The number of aryl methyl sites for hydroxylation is 1. The third kappa shape index (κ3) is 3.01. The Morgan fingerprint density at radius 2 is 2.00 bits per heavy atom. The van der Waals surface area contributed by atoms with Crippen LogP contribution in [0.3, 0.4) is 0 Å². The highest BCUT2D eigenvalue weighted by Crippen LogP contribution is 2.30. The Balaban J connectivity index is 1.49. The molecule has 0 spiro atoms. The van der Waals surface area contributed by atoms with Crippen molar-refractivity contribution in [2.24, 2.45) is 0 Å². The van der Waals surface area contributed by atoms with E-state index in [1.165, 1.54) is 11.1 Å². The molecule has 24 heavy (non-hydrogen) atoms. The molecule has 7 heteroatoms. The number of fused-ring (bicyclic) bond motifs is 1. The lowest BCUT2D eigenvalue weighted by atomic mass is 10.1. The Kier molecular flexibility index (Phi) is 4.20. The zero-order chi connectivity index (χ0) is 16.5. The smallest absolute Gasteiger partial charge is 0.164 e. The van der Waals surface area contributed by atoms with E-state index in [1.54, 1.807) is 0 Å². The molecule has 0 amide bonds. The first kappa shape index (κ1) is 15.5. The van der Waals surface area contributed by atoms with E-state index in [-0.39, 0.29) is 0 Å². The van der Waals surface area contributed by atoms with Gasteiger partial charge >= 0.3 is 0 Å². The molecule has 0 aliphatic carbocycles. The fourth-order valence-corrected chi connectivity index (χ4v) is 3.68. The summed E-state index contributed by atoms with van der Waals surface area (Å²) in [4.78, 5) is 13.7. The van der Waals surface area contributed by atoms with Gasteiger partial charge in [-0.2, -0.15) is 5.10 Å². The van der Waals surface area contributed by atoms with Crippen LogP contribution in [0.2, 0.25) is 0 Å². The standard InChI is InChI=1S/C17H19BrN6/c1-12-20-16(22-21-12)11-23-7-9-24(10-8-23)15-5-6-19-17-13(15)3-2-4-14(17)18/h2-6H,7-11H2,1H3,(H,20,21,22). The number of nitrogens with one attached hydrogen (secondary N) is 1. The lowest BCUT2D eigenvalue weighted by molar-refractivity contribution is 0.244. The second-order valence-corrected chi connectivity index (χ2v) is 6.92. The molecule has 0 radical (unpaired) electrons. The molecule has 3 aromatic rings. The van der Waals surface area contributed by atoms with Crippen molar-refractivity contribution in [1.29, 1.82) is 0 Å². The molecule has 1 aliphatic rings. The molecule has 3 heterocycles. The Bertz CT molecular complexity index is 853. The first-order valence-electron chi connectivity index (χ1n) is 8.09. The molecule has 1 N–H and O–H groups in total. The van der Waals surface area contributed by atoms with Gasteiger partial charge in [-0.3, -0.25) is 15.0 Å². The van der Waals surface area contributed by atoms with Crippen molar-refractivity contribution in [1.82, 2.24) is 25.1 Å². The summed E-state index contributed by atoms with van der Waals surface area (Å²) in [6.07, 6.45) is 1.89. The molecule has 1 saturated heterocycles. The van der Waals surface area contributed by atoms with Gasteiger partial charge in [-0.15, -0.1) is 0 Å². The molecule has 0 saturated carbocycles. The summed E-state index contributed by atoms with van der Waals surface area (Å²) in [5.74, 6) is 1.75. The van der Waals surface area contributed by atoms with Crippen LogP contribution in [0.25, 0.3) is 10.9 Å². The summed E-state index contributed by atoms with van der Waals surface area (Å²) < 4.78 is 1.04. The van der Waals surface area contributed by atoms with E-state index in [4.69, 9.17) is 0 Å². The van der Waals surface area contributed by atoms with E-state index in [2.05, 4.69) is 64.1 Å². The third-order valence-electron chi connectivity index (χ3n) is 4.42. The quantitative estimate of drug-likeness (QED) is 0.749. The number of rotatable bonds is 3. The summed E-state index contributed by atoms with van der Waals surface area (Å²) in [6.45, 7) is 6.74. The average molecular weight is 387 g/mol. The van der Waals surface area contributed by atoms with Crippen LogP contribution in [0, 0.1) is 6.92 Å². The van der Waals surface area contributed by atoms with Gasteiger partial charge in [0.05, 0.1) is 12.1 Å². The van der Waals surface area contributed by atoms with E-state index in [0.29, 0.717) is 0 Å². The van der Waals surface area contributed by atoms with Crippen LogP contribution < -0.4 is 4.90 Å². The van der Waals surface area contributed by atoms with Crippen LogP contribution in [-0.4, -0.2) is 51.2 Å². The number of hydrogen-bond acceptors (Lipinski definition) is 5. The maximum absolute atomic E-state index is 4.51. The van der Waals surface area contributed by atoms with Crippen LogP contribution >= 0.6 is 15.9 Å². The second-order valence-electron chi connectivity index (χ2n) is 6.07. The Morgan fingerprint density at radius 3 is 2.75 bits per heavy atom. The van der Waals surface area contributed by atoms with Crippen LogP contribution in [0.5, 0.6) is 0 Å². The molecular weight excluding hydrogens is 368 g/mol. The Hall–Kier alpha value is -1.99. The lowest BCUT2D eigenvalue weighted by Crippen LogP contribution is -2.46. The van der Waals surface area contributed by atoms with Crippen LogP contribution in [0.4, 0.5) is 5.69 Å². The van der Waals surface area contributed by atoms with Gasteiger partial charge in [-0.05, 0) is 35.0 Å². The second kappa shape index (κ2) is 6.49. The first-order valence-corrected chi connectivity index (χ1v) is 8.88. The van der Waals surface area contributed by atoms with Crippen molar-refractivity contribution in [3.8, 4) is 0 Å². The molecule has 0 atom stereocenters. The van der Waals surface area contributed by atoms with Crippen molar-refractivity contribution in [3.63, 3.8) is 0 Å². The minimum Gasteiger partial charge on any atom is -0.368 e. The average Bonchev–Trinajstić information content (AvgIpc) is 3.01. The van der Waals surface area contributed by atoms with Gasteiger partial charge < -0.3 is 4.90 Å². The summed E-state index contributed by atoms with van der Waals surface area (Å²) >= 11 is 3.60. The summed E-state index contributed by atoms with van der Waals surface area (Å²) in [7, 11) is 0. The molecule has 1 fully saturated rings. The van der Waals surface area contributed by atoms with Crippen molar-refractivity contribution in [2.45, 2.75) is 13.5 Å². The molecule has 1 aromatic carbocycles. The van der Waals surface area contributed by atoms with Crippen LogP contribution in [0.15, 0.2) is 34.9 Å². The predicted octanol–water partition coefficient (Wildman–Crippen LogP) is 2.75. The maximum atomic E-state index is 4.51. The number of piperazine rings is 1. The molecular formula is C17H19BrN6. The highest BCUT2D eigenvalue weighted by atomic mass is 79.9. The molecule has 2 aromatic heterocycles. The van der Waals surface area contributed by atoms with E-state index in [1.807, 2.05) is 19.2 Å². The minimum absolute atomic E-state index is 0.806. The van der Waals surface area contributed by atoms with Crippen molar-refractivity contribution in [2.75, 3.05) is 31.1 Å². The summed E-state index contributed by atoms with van der Waals surface area (Å²) in [5, 5.41) is 8.34. The van der Waals surface area contributed by atoms with E-state index < -0.39 is 0 Å². The summed E-state index contributed by atoms with van der Waals surface area (Å²) in [6, 6.07) is 8.36. The summed E-state index contributed by atoms with van der Waals surface area (Å²) in [5.41, 5.74) is 2.28. The maximum Gasteiger partial charge on any atom is 0.164 e. The SMILES string of the molecule is Cc1nc(CN2CCN(c3ccnc4c(Br)cccc34)CC2)n[nH]1. The highest BCUT2D eigenvalue weighted by Gasteiger charge is 2.20. The zero-order valence-electron chi connectivity index (χ0n) is 13.5. The fourth-order valence-electron chi connectivity index (χ4n) is 3.21. The predicted molar refractivity (Wildman–Crippen MR) is 98.1 cm³/mol.